The molecule has 1 saturated heterocycles. The molecule has 106 valence electrons. The Balaban J connectivity index is 2.38. The molecule has 0 spiro atoms. The van der Waals surface area contributed by atoms with Crippen molar-refractivity contribution in [1.82, 2.24) is 4.31 Å². The number of carbonyl (C=O) groups is 1. The van der Waals surface area contributed by atoms with E-state index in [9.17, 15) is 17.6 Å². The highest BCUT2D eigenvalue weighted by Crippen LogP contribution is 2.28. The maximum atomic E-state index is 13.3. The van der Waals surface area contributed by atoms with Gasteiger partial charge in [-0.15, -0.1) is 0 Å². The molecule has 1 N–H and O–H groups in total. The molecule has 2 atom stereocenters. The molecule has 0 radical (unpaired) electrons. The van der Waals surface area contributed by atoms with Crippen LogP contribution >= 0.6 is 0 Å². The fourth-order valence-electron chi connectivity index (χ4n) is 2.08. The van der Waals surface area contributed by atoms with Gasteiger partial charge in [0.15, 0.2) is 0 Å². The van der Waals surface area contributed by atoms with E-state index in [-0.39, 0.29) is 16.9 Å². The SMILES string of the molecule is N#Cc1ccc(S(=O)(=O)N2C[C@H](F)C[C@H]2C(=O)O)cc1. The summed E-state index contributed by atoms with van der Waals surface area (Å²) in [5, 5.41) is 17.6. The Morgan fingerprint density at radius 1 is 1.40 bits per heavy atom. The van der Waals surface area contributed by atoms with Crippen molar-refractivity contribution < 1.29 is 22.7 Å². The van der Waals surface area contributed by atoms with Gasteiger partial charge in [-0.2, -0.15) is 9.57 Å². The summed E-state index contributed by atoms with van der Waals surface area (Å²) in [5.41, 5.74) is 0.281. The van der Waals surface area contributed by atoms with Crippen LogP contribution in [-0.2, 0) is 14.8 Å². The van der Waals surface area contributed by atoms with Crippen LogP contribution in [0.25, 0.3) is 0 Å². The first-order chi connectivity index (χ1) is 9.36. The summed E-state index contributed by atoms with van der Waals surface area (Å²) in [7, 11) is -4.09. The van der Waals surface area contributed by atoms with E-state index >= 15 is 0 Å². The molecule has 1 aliphatic rings. The van der Waals surface area contributed by atoms with Crippen molar-refractivity contribution in [3.05, 3.63) is 29.8 Å². The zero-order chi connectivity index (χ0) is 14.9. The largest absolute Gasteiger partial charge is 0.480 e. The summed E-state index contributed by atoms with van der Waals surface area (Å²) in [5.74, 6) is -1.37. The number of aliphatic carboxylic acids is 1. The highest BCUT2D eigenvalue weighted by atomic mass is 32.2. The fourth-order valence-corrected chi connectivity index (χ4v) is 3.70. The average Bonchev–Trinajstić information content (AvgIpc) is 2.82. The second kappa shape index (κ2) is 5.19. The third kappa shape index (κ3) is 2.50. The Kier molecular flexibility index (Phi) is 3.74. The fraction of sp³-hybridized carbons (Fsp3) is 0.333. The molecular formula is C12H11FN2O4S. The van der Waals surface area contributed by atoms with Gasteiger partial charge in [0.05, 0.1) is 16.5 Å². The lowest BCUT2D eigenvalue weighted by Gasteiger charge is -2.20. The predicted molar refractivity (Wildman–Crippen MR) is 66.0 cm³/mol. The molecule has 1 fully saturated rings. The topological polar surface area (TPSA) is 98.5 Å². The van der Waals surface area contributed by atoms with Crippen molar-refractivity contribution >= 4 is 16.0 Å². The van der Waals surface area contributed by atoms with E-state index in [2.05, 4.69) is 0 Å². The zero-order valence-corrected chi connectivity index (χ0v) is 11.0. The molecule has 1 aromatic carbocycles. The predicted octanol–water partition coefficient (Wildman–Crippen LogP) is 0.744. The summed E-state index contributed by atoms with van der Waals surface area (Å²) in [6, 6.07) is 5.48. The molecule has 0 unspecified atom stereocenters. The molecule has 20 heavy (non-hydrogen) atoms. The molecular weight excluding hydrogens is 287 g/mol. The first-order valence-corrected chi connectivity index (χ1v) is 7.19. The first-order valence-electron chi connectivity index (χ1n) is 5.75. The number of alkyl halides is 1. The van der Waals surface area contributed by atoms with Crippen molar-refractivity contribution in [1.29, 1.82) is 5.26 Å². The van der Waals surface area contributed by atoms with E-state index in [1.54, 1.807) is 0 Å². The van der Waals surface area contributed by atoms with Gasteiger partial charge in [-0.1, -0.05) is 0 Å². The van der Waals surface area contributed by atoms with Gasteiger partial charge in [0.25, 0.3) is 0 Å². The van der Waals surface area contributed by atoms with Gasteiger partial charge in [-0.3, -0.25) is 4.79 Å². The van der Waals surface area contributed by atoms with Crippen LogP contribution in [0.2, 0.25) is 0 Å². The van der Waals surface area contributed by atoms with Gasteiger partial charge >= 0.3 is 5.97 Å². The molecule has 6 nitrogen and oxygen atoms in total. The lowest BCUT2D eigenvalue weighted by Crippen LogP contribution is -2.40. The minimum atomic E-state index is -4.09. The lowest BCUT2D eigenvalue weighted by atomic mass is 10.2. The molecule has 1 aromatic rings. The van der Waals surface area contributed by atoms with Crippen molar-refractivity contribution in [3.63, 3.8) is 0 Å². The summed E-state index contributed by atoms with van der Waals surface area (Å²) >= 11 is 0. The minimum absolute atomic E-state index is 0.156. The van der Waals surface area contributed by atoms with E-state index in [1.165, 1.54) is 24.3 Å². The third-order valence-electron chi connectivity index (χ3n) is 3.08. The minimum Gasteiger partial charge on any atom is -0.480 e. The van der Waals surface area contributed by atoms with Crippen LogP contribution in [0.5, 0.6) is 0 Å². The summed E-state index contributed by atoms with van der Waals surface area (Å²) < 4.78 is 38.6. The molecule has 0 amide bonds. The zero-order valence-electron chi connectivity index (χ0n) is 10.2. The van der Waals surface area contributed by atoms with E-state index in [4.69, 9.17) is 10.4 Å². The van der Waals surface area contributed by atoms with Gasteiger partial charge in [0.1, 0.15) is 12.2 Å². The van der Waals surface area contributed by atoms with E-state index < -0.39 is 34.8 Å². The van der Waals surface area contributed by atoms with Crippen LogP contribution in [0.3, 0.4) is 0 Å². The Bertz CT molecular complexity index is 666. The average molecular weight is 298 g/mol. The molecule has 0 saturated carbocycles. The number of carboxylic acids is 1. The number of hydrogen-bond acceptors (Lipinski definition) is 4. The maximum absolute atomic E-state index is 13.3. The molecule has 0 aromatic heterocycles. The number of hydrogen-bond donors (Lipinski definition) is 1. The second-order valence-corrected chi connectivity index (χ2v) is 6.29. The number of nitrogens with zero attached hydrogens (tertiary/aromatic N) is 2. The van der Waals surface area contributed by atoms with Crippen LogP contribution in [0.1, 0.15) is 12.0 Å². The highest BCUT2D eigenvalue weighted by Gasteiger charge is 2.44. The Morgan fingerprint density at radius 3 is 2.50 bits per heavy atom. The smallest absolute Gasteiger partial charge is 0.322 e. The molecule has 8 heteroatoms. The normalized spacial score (nSPS) is 23.4. The molecule has 2 rings (SSSR count). The summed E-state index contributed by atoms with van der Waals surface area (Å²) in [6.07, 6.45) is -1.85. The number of rotatable bonds is 3. The first kappa shape index (κ1) is 14.4. The Labute approximate surface area is 115 Å². The van der Waals surface area contributed by atoms with Crippen LogP contribution in [-0.4, -0.2) is 42.6 Å². The lowest BCUT2D eigenvalue weighted by molar-refractivity contribution is -0.140. The highest BCUT2D eigenvalue weighted by molar-refractivity contribution is 7.89. The number of sulfonamides is 1. The van der Waals surface area contributed by atoms with Crippen LogP contribution in [0.15, 0.2) is 29.2 Å². The van der Waals surface area contributed by atoms with Crippen molar-refractivity contribution in [2.45, 2.75) is 23.5 Å². The molecule has 0 bridgehead atoms. The van der Waals surface area contributed by atoms with E-state index in [1.807, 2.05) is 6.07 Å². The van der Waals surface area contributed by atoms with Crippen molar-refractivity contribution in [3.8, 4) is 6.07 Å². The van der Waals surface area contributed by atoms with Crippen LogP contribution in [0, 0.1) is 11.3 Å². The number of halogens is 1. The Morgan fingerprint density at radius 2 is 2.00 bits per heavy atom. The number of benzene rings is 1. The standard InChI is InChI=1S/C12H11FN2O4S/c13-9-5-11(12(16)17)15(7-9)20(18,19)10-3-1-8(6-14)2-4-10/h1-4,9,11H,5,7H2,(H,16,17)/t9-,11+/m1/s1. The molecule has 1 aliphatic heterocycles. The summed E-state index contributed by atoms with van der Waals surface area (Å²) in [6.45, 7) is -0.473. The quantitative estimate of drug-likeness (QED) is 0.887. The van der Waals surface area contributed by atoms with Gasteiger partial charge in [-0.05, 0) is 24.3 Å². The monoisotopic (exact) mass is 298 g/mol. The van der Waals surface area contributed by atoms with E-state index in [0.717, 1.165) is 0 Å². The molecule has 1 heterocycles. The third-order valence-corrected chi connectivity index (χ3v) is 4.97. The molecule has 0 aliphatic carbocycles. The van der Waals surface area contributed by atoms with Gasteiger partial charge in [-0.25, -0.2) is 12.8 Å². The van der Waals surface area contributed by atoms with Gasteiger partial charge in [0, 0.05) is 13.0 Å². The Hall–Kier alpha value is -1.98. The van der Waals surface area contributed by atoms with E-state index in [0.29, 0.717) is 4.31 Å². The van der Waals surface area contributed by atoms with Crippen molar-refractivity contribution in [2.75, 3.05) is 6.54 Å². The maximum Gasteiger partial charge on any atom is 0.322 e. The second-order valence-electron chi connectivity index (χ2n) is 4.40. The van der Waals surface area contributed by atoms with Gasteiger partial charge < -0.3 is 5.11 Å². The number of nitriles is 1. The van der Waals surface area contributed by atoms with Crippen molar-refractivity contribution in [2.24, 2.45) is 0 Å². The van der Waals surface area contributed by atoms with Gasteiger partial charge in [0.2, 0.25) is 10.0 Å². The van der Waals surface area contributed by atoms with Crippen LogP contribution in [0.4, 0.5) is 4.39 Å². The summed E-state index contributed by atoms with van der Waals surface area (Å²) in [4.78, 5) is 10.9. The number of carboxylic acid groups (broad SMARTS) is 1. The van der Waals surface area contributed by atoms with Crippen LogP contribution < -0.4 is 0 Å².